The van der Waals surface area contributed by atoms with Crippen LogP contribution in [-0.2, 0) is 9.53 Å². The maximum Gasteiger partial charge on any atom is 0.412 e. The lowest BCUT2D eigenvalue weighted by atomic mass is 10.0. The predicted octanol–water partition coefficient (Wildman–Crippen LogP) is 6.78. The second kappa shape index (κ2) is 11.1. The molecule has 0 aliphatic carbocycles. The van der Waals surface area contributed by atoms with Crippen LogP contribution in [0.3, 0.4) is 0 Å². The van der Waals surface area contributed by atoms with Gasteiger partial charge in [-0.25, -0.2) is 19.2 Å². The zero-order valence-electron chi connectivity index (χ0n) is 19.7. The minimum absolute atomic E-state index is 0.0560. The Morgan fingerprint density at radius 2 is 1.80 bits per heavy atom. The van der Waals surface area contributed by atoms with E-state index in [4.69, 9.17) is 25.8 Å². The molecule has 0 radical (unpaired) electrons. The standard InChI is InChI=1S/C25H25ClFN3O5/c1-5-6-20(31)34-23-21(30-24(32)35-25(2,3)4)18(11-12-28-23)15-7-9-17(10-8-15)33-22-19(27)13-16(26)14-29-22/h7-14H,5-6H2,1-4H3,(H,30,32). The molecule has 2 heterocycles. The van der Waals surface area contributed by atoms with Gasteiger partial charge in [-0.3, -0.25) is 10.1 Å². The largest absolute Gasteiger partial charge is 0.444 e. The minimum atomic E-state index is -0.741. The first-order valence-electron chi connectivity index (χ1n) is 10.8. The van der Waals surface area contributed by atoms with E-state index in [9.17, 15) is 14.0 Å². The molecule has 0 saturated carbocycles. The van der Waals surface area contributed by atoms with Crippen molar-refractivity contribution >= 4 is 29.4 Å². The maximum atomic E-state index is 14.0. The Hall–Kier alpha value is -3.72. The van der Waals surface area contributed by atoms with Gasteiger partial charge in [0.05, 0.1) is 5.02 Å². The molecule has 10 heteroatoms. The maximum absolute atomic E-state index is 14.0. The van der Waals surface area contributed by atoms with Crippen LogP contribution >= 0.6 is 11.6 Å². The SMILES string of the molecule is CCCC(=O)Oc1nccc(-c2ccc(Oc3ncc(Cl)cc3F)cc2)c1NC(=O)OC(C)(C)C. The van der Waals surface area contributed by atoms with E-state index in [1.54, 1.807) is 51.1 Å². The summed E-state index contributed by atoms with van der Waals surface area (Å²) in [5.41, 5.74) is 0.594. The lowest BCUT2D eigenvalue weighted by Crippen LogP contribution is -2.27. The molecular weight excluding hydrogens is 477 g/mol. The summed E-state index contributed by atoms with van der Waals surface area (Å²) >= 11 is 5.72. The van der Waals surface area contributed by atoms with E-state index < -0.39 is 23.5 Å². The molecule has 0 atom stereocenters. The highest BCUT2D eigenvalue weighted by Crippen LogP contribution is 2.36. The molecule has 2 aromatic heterocycles. The highest BCUT2D eigenvalue weighted by Gasteiger charge is 2.22. The van der Waals surface area contributed by atoms with Gasteiger partial charge in [-0.2, -0.15) is 0 Å². The molecule has 0 aliphatic rings. The second-order valence-corrected chi connectivity index (χ2v) is 8.89. The Labute approximate surface area is 207 Å². The number of ether oxygens (including phenoxy) is 3. The third-order valence-electron chi connectivity index (χ3n) is 4.36. The summed E-state index contributed by atoms with van der Waals surface area (Å²) < 4.78 is 30.2. The number of benzene rings is 1. The summed E-state index contributed by atoms with van der Waals surface area (Å²) in [6.07, 6.45) is 2.80. The van der Waals surface area contributed by atoms with Gasteiger partial charge in [-0.15, -0.1) is 0 Å². The molecule has 0 spiro atoms. The van der Waals surface area contributed by atoms with Crippen LogP contribution in [0.25, 0.3) is 11.1 Å². The summed E-state index contributed by atoms with van der Waals surface area (Å²) in [7, 11) is 0. The number of nitrogens with one attached hydrogen (secondary N) is 1. The van der Waals surface area contributed by atoms with Gasteiger partial charge >= 0.3 is 12.1 Å². The van der Waals surface area contributed by atoms with Gasteiger partial charge in [-0.05, 0) is 57.0 Å². The number of nitrogens with zero attached hydrogens (tertiary/aromatic N) is 2. The van der Waals surface area contributed by atoms with Gasteiger partial charge in [0, 0.05) is 24.4 Å². The van der Waals surface area contributed by atoms with Gasteiger partial charge in [0.15, 0.2) is 5.82 Å². The van der Waals surface area contributed by atoms with E-state index in [1.807, 2.05) is 6.92 Å². The number of rotatable bonds is 7. The van der Waals surface area contributed by atoms with Crippen LogP contribution in [0.5, 0.6) is 17.5 Å². The Morgan fingerprint density at radius 1 is 1.09 bits per heavy atom. The number of esters is 1. The summed E-state index contributed by atoms with van der Waals surface area (Å²) in [5.74, 6) is -1.13. The number of hydrogen-bond acceptors (Lipinski definition) is 7. The quantitative estimate of drug-likeness (QED) is 0.356. The number of halogens is 2. The fourth-order valence-electron chi connectivity index (χ4n) is 2.94. The average Bonchev–Trinajstić information content (AvgIpc) is 2.76. The van der Waals surface area contributed by atoms with Crippen LogP contribution in [0.1, 0.15) is 40.5 Å². The van der Waals surface area contributed by atoms with Crippen LogP contribution in [0.2, 0.25) is 5.02 Å². The average molecular weight is 502 g/mol. The van der Waals surface area contributed by atoms with Crippen molar-refractivity contribution in [1.29, 1.82) is 0 Å². The molecule has 1 N–H and O–H groups in total. The fraction of sp³-hybridized carbons (Fsp3) is 0.280. The van der Waals surface area contributed by atoms with Gasteiger partial charge in [0.2, 0.25) is 5.88 Å². The Balaban J connectivity index is 1.93. The molecule has 8 nitrogen and oxygen atoms in total. The molecule has 0 fully saturated rings. The predicted molar refractivity (Wildman–Crippen MR) is 129 cm³/mol. The number of anilines is 1. The third kappa shape index (κ3) is 7.38. The Morgan fingerprint density at radius 3 is 2.43 bits per heavy atom. The molecule has 1 amide bonds. The highest BCUT2D eigenvalue weighted by atomic mass is 35.5. The molecule has 1 aromatic carbocycles. The molecule has 184 valence electrons. The molecule has 35 heavy (non-hydrogen) atoms. The van der Waals surface area contributed by atoms with Gasteiger partial charge in [-0.1, -0.05) is 30.7 Å². The topological polar surface area (TPSA) is 99.6 Å². The normalized spacial score (nSPS) is 11.0. The van der Waals surface area contributed by atoms with Crippen LogP contribution < -0.4 is 14.8 Å². The van der Waals surface area contributed by atoms with Gasteiger partial charge in [0.1, 0.15) is 17.0 Å². The fourth-order valence-corrected chi connectivity index (χ4v) is 3.09. The van der Waals surface area contributed by atoms with Crippen molar-refractivity contribution < 1.29 is 28.2 Å². The molecule has 3 rings (SSSR count). The summed E-state index contributed by atoms with van der Waals surface area (Å²) in [6.45, 7) is 7.04. The van der Waals surface area contributed by atoms with Crippen molar-refractivity contribution in [3.05, 3.63) is 59.6 Å². The van der Waals surface area contributed by atoms with Crippen molar-refractivity contribution in [2.45, 2.75) is 46.1 Å². The molecule has 0 saturated heterocycles. The Bertz CT molecular complexity index is 1210. The highest BCUT2D eigenvalue weighted by molar-refractivity contribution is 6.30. The van der Waals surface area contributed by atoms with Crippen LogP contribution in [0.15, 0.2) is 48.8 Å². The number of aromatic nitrogens is 2. The van der Waals surface area contributed by atoms with E-state index in [-0.39, 0.29) is 28.9 Å². The number of pyridine rings is 2. The summed E-state index contributed by atoms with van der Waals surface area (Å²) in [4.78, 5) is 32.6. The molecule has 0 unspecified atom stereocenters. The van der Waals surface area contributed by atoms with Crippen LogP contribution in [0, 0.1) is 5.82 Å². The second-order valence-electron chi connectivity index (χ2n) is 8.46. The molecular formula is C25H25ClFN3O5. The van der Waals surface area contributed by atoms with Crippen molar-refractivity contribution in [3.8, 4) is 28.6 Å². The molecule has 3 aromatic rings. The zero-order chi connectivity index (χ0) is 25.6. The smallest absolute Gasteiger partial charge is 0.412 e. The van der Waals surface area contributed by atoms with E-state index in [2.05, 4.69) is 15.3 Å². The minimum Gasteiger partial charge on any atom is -0.444 e. The first-order valence-corrected chi connectivity index (χ1v) is 11.2. The molecule has 0 bridgehead atoms. The third-order valence-corrected chi connectivity index (χ3v) is 4.57. The van der Waals surface area contributed by atoms with E-state index in [0.717, 1.165) is 6.07 Å². The first-order chi connectivity index (χ1) is 16.6. The first kappa shape index (κ1) is 25.9. The number of hydrogen-bond donors (Lipinski definition) is 1. The number of carbonyl (C=O) groups is 2. The van der Waals surface area contributed by atoms with Crippen molar-refractivity contribution in [1.82, 2.24) is 9.97 Å². The summed E-state index contributed by atoms with van der Waals surface area (Å²) in [6, 6.07) is 9.34. The van der Waals surface area contributed by atoms with E-state index >= 15 is 0 Å². The van der Waals surface area contributed by atoms with Gasteiger partial charge < -0.3 is 14.2 Å². The van der Waals surface area contributed by atoms with Crippen molar-refractivity contribution in [2.75, 3.05) is 5.32 Å². The van der Waals surface area contributed by atoms with Crippen molar-refractivity contribution in [3.63, 3.8) is 0 Å². The monoisotopic (exact) mass is 501 g/mol. The Kier molecular flexibility index (Phi) is 8.24. The zero-order valence-corrected chi connectivity index (χ0v) is 20.5. The number of amides is 1. The lowest BCUT2D eigenvalue weighted by Gasteiger charge is -2.21. The van der Waals surface area contributed by atoms with Crippen molar-refractivity contribution in [2.24, 2.45) is 0 Å². The van der Waals surface area contributed by atoms with Crippen LogP contribution in [-0.4, -0.2) is 27.6 Å². The summed E-state index contributed by atoms with van der Waals surface area (Å²) in [5, 5.41) is 2.80. The van der Waals surface area contributed by atoms with Crippen LogP contribution in [0.4, 0.5) is 14.9 Å². The number of carbonyl (C=O) groups excluding carboxylic acids is 2. The van der Waals surface area contributed by atoms with E-state index in [0.29, 0.717) is 23.3 Å². The lowest BCUT2D eigenvalue weighted by molar-refractivity contribution is -0.134. The van der Waals surface area contributed by atoms with E-state index in [1.165, 1.54) is 12.4 Å². The molecule has 0 aliphatic heterocycles. The van der Waals surface area contributed by atoms with Gasteiger partial charge in [0.25, 0.3) is 5.88 Å².